The minimum Gasteiger partial charge on any atom is -0.389 e. The largest absolute Gasteiger partial charge is 0.389 e. The van der Waals surface area contributed by atoms with Crippen molar-refractivity contribution in [1.82, 2.24) is 4.90 Å². The zero-order valence-electron chi connectivity index (χ0n) is 12.1. The molecular weight excluding hydrogens is 230 g/mol. The molecule has 0 aromatic carbocycles. The number of rotatable bonds is 7. The zero-order chi connectivity index (χ0) is 13.4. The maximum Gasteiger partial charge on any atom is 0.0900 e. The Morgan fingerprint density at radius 3 is 2.78 bits per heavy atom. The second-order valence-electron chi connectivity index (χ2n) is 5.45. The highest BCUT2D eigenvalue weighted by atomic mass is 16.5. The Kier molecular flexibility index (Phi) is 7.82. The molecule has 0 saturated carbocycles. The van der Waals surface area contributed by atoms with Gasteiger partial charge in [-0.25, -0.2) is 0 Å². The third-order valence-corrected chi connectivity index (χ3v) is 3.61. The predicted molar refractivity (Wildman–Crippen MR) is 72.8 cm³/mol. The summed E-state index contributed by atoms with van der Waals surface area (Å²) in [7, 11) is 1.66. The highest BCUT2D eigenvalue weighted by Gasteiger charge is 2.20. The molecule has 0 aliphatic carbocycles. The third-order valence-electron chi connectivity index (χ3n) is 3.61. The zero-order valence-corrected chi connectivity index (χ0v) is 12.1. The van der Waals surface area contributed by atoms with Crippen LogP contribution in [0.1, 0.15) is 39.5 Å². The number of β-amino-alcohol motifs (C(OH)–C–C–N with tert-alkyl or cyclic N) is 1. The topological polar surface area (TPSA) is 41.9 Å². The monoisotopic (exact) mass is 259 g/mol. The summed E-state index contributed by atoms with van der Waals surface area (Å²) >= 11 is 0. The molecule has 3 atom stereocenters. The van der Waals surface area contributed by atoms with E-state index in [1.54, 1.807) is 7.11 Å². The minimum atomic E-state index is -0.398. The molecule has 108 valence electrons. The molecule has 0 spiro atoms. The number of nitrogens with zero attached hydrogens (tertiary/aromatic N) is 1. The van der Waals surface area contributed by atoms with Gasteiger partial charge >= 0.3 is 0 Å². The summed E-state index contributed by atoms with van der Waals surface area (Å²) in [6, 6.07) is 0.582. The van der Waals surface area contributed by atoms with Crippen molar-refractivity contribution in [3.05, 3.63) is 0 Å². The first-order chi connectivity index (χ1) is 8.63. The van der Waals surface area contributed by atoms with Crippen molar-refractivity contribution in [3.63, 3.8) is 0 Å². The van der Waals surface area contributed by atoms with E-state index in [0.717, 1.165) is 13.1 Å². The quantitative estimate of drug-likeness (QED) is 0.755. The van der Waals surface area contributed by atoms with Crippen molar-refractivity contribution >= 4 is 0 Å². The maximum atomic E-state index is 10.0. The molecule has 4 nitrogen and oxygen atoms in total. The van der Waals surface area contributed by atoms with Crippen LogP contribution in [0.4, 0.5) is 0 Å². The standard InChI is InChI=1S/C14H29NO3/c1-12-7-5-4-6-8-15(12)9-14(16)11-18-13(2)10-17-3/h12-14,16H,4-11H2,1-3H3. The molecule has 1 heterocycles. The molecule has 3 unspecified atom stereocenters. The van der Waals surface area contributed by atoms with E-state index in [1.165, 1.54) is 25.7 Å². The van der Waals surface area contributed by atoms with E-state index in [4.69, 9.17) is 9.47 Å². The van der Waals surface area contributed by atoms with Gasteiger partial charge in [0, 0.05) is 19.7 Å². The number of likely N-dealkylation sites (tertiary alicyclic amines) is 1. The Morgan fingerprint density at radius 1 is 1.28 bits per heavy atom. The van der Waals surface area contributed by atoms with Gasteiger partial charge in [0.25, 0.3) is 0 Å². The lowest BCUT2D eigenvalue weighted by molar-refractivity contribution is -0.0421. The van der Waals surface area contributed by atoms with E-state index in [0.29, 0.717) is 19.3 Å². The van der Waals surface area contributed by atoms with E-state index in [-0.39, 0.29) is 6.10 Å². The van der Waals surface area contributed by atoms with Gasteiger partial charge in [-0.1, -0.05) is 12.8 Å². The summed E-state index contributed by atoms with van der Waals surface area (Å²) in [5.74, 6) is 0. The summed E-state index contributed by atoms with van der Waals surface area (Å²) in [4.78, 5) is 2.39. The molecule has 1 rings (SSSR count). The summed E-state index contributed by atoms with van der Waals surface area (Å²) in [5, 5.41) is 10.0. The van der Waals surface area contributed by atoms with E-state index in [2.05, 4.69) is 11.8 Å². The molecule has 18 heavy (non-hydrogen) atoms. The number of aliphatic hydroxyl groups is 1. The van der Waals surface area contributed by atoms with Gasteiger partial charge in [0.05, 0.1) is 25.4 Å². The number of methoxy groups -OCH3 is 1. The van der Waals surface area contributed by atoms with Gasteiger partial charge in [0.1, 0.15) is 0 Å². The molecule has 0 amide bonds. The van der Waals surface area contributed by atoms with Crippen LogP contribution in [0.3, 0.4) is 0 Å². The first-order valence-corrected chi connectivity index (χ1v) is 7.16. The predicted octanol–water partition coefficient (Wildman–Crippen LogP) is 1.66. The lowest BCUT2D eigenvalue weighted by atomic mass is 10.1. The van der Waals surface area contributed by atoms with Gasteiger partial charge in [-0.3, -0.25) is 4.90 Å². The normalized spacial score (nSPS) is 25.7. The van der Waals surface area contributed by atoms with Gasteiger partial charge < -0.3 is 14.6 Å². The van der Waals surface area contributed by atoms with Crippen molar-refractivity contribution in [2.75, 3.05) is 33.4 Å². The van der Waals surface area contributed by atoms with Crippen LogP contribution in [0.5, 0.6) is 0 Å². The van der Waals surface area contributed by atoms with E-state index >= 15 is 0 Å². The van der Waals surface area contributed by atoms with Crippen LogP contribution in [-0.2, 0) is 9.47 Å². The van der Waals surface area contributed by atoms with Crippen LogP contribution in [-0.4, -0.2) is 61.7 Å². The van der Waals surface area contributed by atoms with Crippen LogP contribution >= 0.6 is 0 Å². The van der Waals surface area contributed by atoms with Crippen molar-refractivity contribution in [3.8, 4) is 0 Å². The van der Waals surface area contributed by atoms with Gasteiger partial charge in [-0.05, 0) is 33.2 Å². The molecule has 1 aliphatic heterocycles. The molecule has 0 radical (unpaired) electrons. The molecule has 1 saturated heterocycles. The highest BCUT2D eigenvalue weighted by Crippen LogP contribution is 2.16. The van der Waals surface area contributed by atoms with Gasteiger partial charge in [-0.15, -0.1) is 0 Å². The minimum absolute atomic E-state index is 0.0474. The molecule has 0 aromatic heterocycles. The van der Waals surface area contributed by atoms with Crippen molar-refractivity contribution in [1.29, 1.82) is 0 Å². The molecule has 0 aromatic rings. The van der Waals surface area contributed by atoms with Gasteiger partial charge in [0.15, 0.2) is 0 Å². The molecule has 1 aliphatic rings. The number of aliphatic hydroxyl groups excluding tert-OH is 1. The Balaban J connectivity index is 2.23. The maximum absolute atomic E-state index is 10.0. The lowest BCUT2D eigenvalue weighted by Gasteiger charge is -2.29. The summed E-state index contributed by atoms with van der Waals surface area (Å²) in [5.41, 5.74) is 0. The van der Waals surface area contributed by atoms with E-state index in [9.17, 15) is 5.11 Å². The SMILES string of the molecule is COCC(C)OCC(O)CN1CCCCCC1C. The average Bonchev–Trinajstić information content (AvgIpc) is 2.53. The molecule has 4 heteroatoms. The second-order valence-corrected chi connectivity index (χ2v) is 5.45. The first kappa shape index (κ1) is 15.9. The molecule has 0 bridgehead atoms. The molecular formula is C14H29NO3. The lowest BCUT2D eigenvalue weighted by Crippen LogP contribution is -2.40. The number of hydrogen-bond acceptors (Lipinski definition) is 4. The highest BCUT2D eigenvalue weighted by molar-refractivity contribution is 4.74. The van der Waals surface area contributed by atoms with Gasteiger partial charge in [-0.2, -0.15) is 0 Å². The Hall–Kier alpha value is -0.160. The van der Waals surface area contributed by atoms with Crippen LogP contribution in [0.2, 0.25) is 0 Å². The third kappa shape index (κ3) is 6.14. The Morgan fingerprint density at radius 2 is 2.06 bits per heavy atom. The smallest absolute Gasteiger partial charge is 0.0900 e. The summed E-state index contributed by atoms with van der Waals surface area (Å²) in [6.45, 7) is 7.02. The first-order valence-electron chi connectivity index (χ1n) is 7.16. The van der Waals surface area contributed by atoms with Crippen molar-refractivity contribution < 1.29 is 14.6 Å². The summed E-state index contributed by atoms with van der Waals surface area (Å²) in [6.07, 6.45) is 4.77. The summed E-state index contributed by atoms with van der Waals surface area (Å²) < 4.78 is 10.6. The fourth-order valence-electron chi connectivity index (χ4n) is 2.49. The van der Waals surface area contributed by atoms with Crippen molar-refractivity contribution in [2.45, 2.75) is 57.8 Å². The molecule has 1 fully saturated rings. The van der Waals surface area contributed by atoms with Crippen molar-refractivity contribution in [2.24, 2.45) is 0 Å². The van der Waals surface area contributed by atoms with E-state index in [1.807, 2.05) is 6.92 Å². The van der Waals surface area contributed by atoms with Crippen LogP contribution in [0, 0.1) is 0 Å². The number of hydrogen-bond donors (Lipinski definition) is 1. The van der Waals surface area contributed by atoms with Crippen LogP contribution in [0.15, 0.2) is 0 Å². The van der Waals surface area contributed by atoms with Crippen LogP contribution in [0.25, 0.3) is 0 Å². The number of ether oxygens (including phenoxy) is 2. The average molecular weight is 259 g/mol. The Labute approximate surface area is 111 Å². The van der Waals surface area contributed by atoms with E-state index < -0.39 is 6.10 Å². The fraction of sp³-hybridized carbons (Fsp3) is 1.00. The second kappa shape index (κ2) is 8.86. The fourth-order valence-corrected chi connectivity index (χ4v) is 2.49. The molecule has 1 N–H and O–H groups in total. The van der Waals surface area contributed by atoms with Gasteiger partial charge in [0.2, 0.25) is 0 Å². The Bertz CT molecular complexity index is 213. The van der Waals surface area contributed by atoms with Crippen LogP contribution < -0.4 is 0 Å².